The van der Waals surface area contributed by atoms with Crippen molar-refractivity contribution in [2.45, 2.75) is 39.5 Å². The van der Waals surface area contributed by atoms with E-state index in [-0.39, 0.29) is 5.41 Å². The molecule has 1 heterocycles. The summed E-state index contributed by atoms with van der Waals surface area (Å²) in [6, 6.07) is 8.56. The maximum atomic E-state index is 3.60. The van der Waals surface area contributed by atoms with E-state index in [1.807, 2.05) is 0 Å². The minimum Gasteiger partial charge on any atom is -0.358 e. The third-order valence-electron chi connectivity index (χ3n) is 3.82. The molecule has 2 aromatic rings. The highest BCUT2D eigenvalue weighted by Gasteiger charge is 2.24. The first-order valence-electron chi connectivity index (χ1n) is 6.85. The second-order valence-corrected chi connectivity index (χ2v) is 5.66. The zero-order valence-electron chi connectivity index (χ0n) is 11.9. The molecular weight excluding hydrogens is 220 g/mol. The SMILES string of the molecule is CCNCCC(C)(C)c1[nH]c2ccccc2c1C. The van der Waals surface area contributed by atoms with Gasteiger partial charge in [-0.3, -0.25) is 0 Å². The van der Waals surface area contributed by atoms with E-state index < -0.39 is 0 Å². The third kappa shape index (κ3) is 2.44. The van der Waals surface area contributed by atoms with Crippen LogP contribution in [0.2, 0.25) is 0 Å². The molecule has 0 aliphatic rings. The average Bonchev–Trinajstić information content (AvgIpc) is 2.69. The van der Waals surface area contributed by atoms with E-state index in [0.29, 0.717) is 0 Å². The summed E-state index contributed by atoms with van der Waals surface area (Å²) in [7, 11) is 0. The number of para-hydroxylation sites is 1. The van der Waals surface area contributed by atoms with E-state index in [2.05, 4.69) is 62.3 Å². The summed E-state index contributed by atoms with van der Waals surface area (Å²) in [5.74, 6) is 0. The highest BCUT2D eigenvalue weighted by molar-refractivity contribution is 5.84. The number of hydrogen-bond acceptors (Lipinski definition) is 1. The Morgan fingerprint density at radius 1 is 1.22 bits per heavy atom. The molecule has 0 unspecified atom stereocenters. The van der Waals surface area contributed by atoms with Crippen LogP contribution in [-0.2, 0) is 5.41 Å². The number of nitrogens with one attached hydrogen (secondary N) is 2. The molecular formula is C16H24N2. The van der Waals surface area contributed by atoms with Crippen LogP contribution in [-0.4, -0.2) is 18.1 Å². The Morgan fingerprint density at radius 3 is 2.61 bits per heavy atom. The van der Waals surface area contributed by atoms with E-state index in [4.69, 9.17) is 0 Å². The van der Waals surface area contributed by atoms with Crippen LogP contribution in [0.1, 0.15) is 38.4 Å². The molecule has 0 saturated heterocycles. The van der Waals surface area contributed by atoms with Crippen molar-refractivity contribution in [1.29, 1.82) is 0 Å². The molecule has 98 valence electrons. The Balaban J connectivity index is 2.31. The van der Waals surface area contributed by atoms with Gasteiger partial charge in [0.1, 0.15) is 0 Å². The highest BCUT2D eigenvalue weighted by atomic mass is 14.8. The lowest BCUT2D eigenvalue weighted by Gasteiger charge is -2.25. The number of benzene rings is 1. The van der Waals surface area contributed by atoms with E-state index >= 15 is 0 Å². The summed E-state index contributed by atoms with van der Waals surface area (Å²) in [4.78, 5) is 3.60. The largest absolute Gasteiger partial charge is 0.358 e. The van der Waals surface area contributed by atoms with Gasteiger partial charge in [0, 0.05) is 22.0 Å². The van der Waals surface area contributed by atoms with Gasteiger partial charge in [0.15, 0.2) is 0 Å². The molecule has 0 bridgehead atoms. The molecule has 2 nitrogen and oxygen atoms in total. The molecule has 0 saturated carbocycles. The predicted molar refractivity (Wildman–Crippen MR) is 79.2 cm³/mol. The van der Waals surface area contributed by atoms with Gasteiger partial charge >= 0.3 is 0 Å². The number of aryl methyl sites for hydroxylation is 1. The van der Waals surface area contributed by atoms with Gasteiger partial charge in [0.25, 0.3) is 0 Å². The smallest absolute Gasteiger partial charge is 0.0458 e. The molecule has 0 atom stereocenters. The third-order valence-corrected chi connectivity index (χ3v) is 3.82. The van der Waals surface area contributed by atoms with Crippen LogP contribution < -0.4 is 5.32 Å². The van der Waals surface area contributed by atoms with Crippen LogP contribution in [0.3, 0.4) is 0 Å². The van der Waals surface area contributed by atoms with Crippen molar-refractivity contribution in [2.24, 2.45) is 0 Å². The quantitative estimate of drug-likeness (QED) is 0.770. The van der Waals surface area contributed by atoms with E-state index in [0.717, 1.165) is 19.5 Å². The van der Waals surface area contributed by atoms with Crippen molar-refractivity contribution < 1.29 is 0 Å². The Hall–Kier alpha value is -1.28. The number of aromatic nitrogens is 1. The summed E-state index contributed by atoms with van der Waals surface area (Å²) >= 11 is 0. The zero-order valence-corrected chi connectivity index (χ0v) is 11.9. The summed E-state index contributed by atoms with van der Waals surface area (Å²) in [6.45, 7) is 11.1. The minimum absolute atomic E-state index is 0.186. The fourth-order valence-electron chi connectivity index (χ4n) is 2.66. The van der Waals surface area contributed by atoms with Crippen LogP contribution in [0, 0.1) is 6.92 Å². The summed E-state index contributed by atoms with van der Waals surface area (Å²) in [6.07, 6.45) is 1.15. The molecule has 0 aliphatic carbocycles. The Labute approximate surface area is 110 Å². The topological polar surface area (TPSA) is 27.8 Å². The van der Waals surface area contributed by atoms with Crippen LogP contribution in [0.15, 0.2) is 24.3 Å². The molecule has 0 amide bonds. The number of fused-ring (bicyclic) bond motifs is 1. The number of H-pyrrole nitrogens is 1. The van der Waals surface area contributed by atoms with Gasteiger partial charge in [0.2, 0.25) is 0 Å². The Bertz CT molecular complexity index is 523. The Morgan fingerprint density at radius 2 is 1.94 bits per heavy atom. The summed E-state index contributed by atoms with van der Waals surface area (Å²) in [5.41, 5.74) is 4.21. The molecule has 0 radical (unpaired) electrons. The van der Waals surface area contributed by atoms with Crippen molar-refractivity contribution >= 4 is 10.9 Å². The molecule has 1 aromatic heterocycles. The van der Waals surface area contributed by atoms with Gasteiger partial charge < -0.3 is 10.3 Å². The summed E-state index contributed by atoms with van der Waals surface area (Å²) in [5, 5.41) is 4.76. The lowest BCUT2D eigenvalue weighted by atomic mass is 9.83. The maximum absolute atomic E-state index is 3.60. The Kier molecular flexibility index (Phi) is 3.76. The molecule has 0 fully saturated rings. The van der Waals surface area contributed by atoms with Crippen molar-refractivity contribution in [1.82, 2.24) is 10.3 Å². The van der Waals surface area contributed by atoms with Crippen LogP contribution in [0.5, 0.6) is 0 Å². The fraction of sp³-hybridized carbons (Fsp3) is 0.500. The predicted octanol–water partition coefficient (Wildman–Crippen LogP) is 3.75. The van der Waals surface area contributed by atoms with Crippen molar-refractivity contribution in [3.63, 3.8) is 0 Å². The minimum atomic E-state index is 0.186. The molecule has 1 aromatic carbocycles. The number of aromatic amines is 1. The van der Waals surface area contributed by atoms with Gasteiger partial charge in [-0.25, -0.2) is 0 Å². The summed E-state index contributed by atoms with van der Waals surface area (Å²) < 4.78 is 0. The average molecular weight is 244 g/mol. The molecule has 2 heteroatoms. The lowest BCUT2D eigenvalue weighted by molar-refractivity contribution is 0.450. The number of rotatable bonds is 5. The van der Waals surface area contributed by atoms with Gasteiger partial charge in [-0.2, -0.15) is 0 Å². The van der Waals surface area contributed by atoms with E-state index in [1.54, 1.807) is 0 Å². The van der Waals surface area contributed by atoms with Gasteiger partial charge in [-0.1, -0.05) is 39.0 Å². The van der Waals surface area contributed by atoms with Crippen LogP contribution in [0.4, 0.5) is 0 Å². The molecule has 18 heavy (non-hydrogen) atoms. The monoisotopic (exact) mass is 244 g/mol. The van der Waals surface area contributed by atoms with E-state index in [1.165, 1.54) is 22.2 Å². The first-order valence-corrected chi connectivity index (χ1v) is 6.85. The van der Waals surface area contributed by atoms with Gasteiger partial charge in [0.05, 0.1) is 0 Å². The fourth-order valence-corrected chi connectivity index (χ4v) is 2.66. The number of hydrogen-bond donors (Lipinski definition) is 2. The lowest BCUT2D eigenvalue weighted by Crippen LogP contribution is -2.26. The van der Waals surface area contributed by atoms with Crippen molar-refractivity contribution in [3.8, 4) is 0 Å². The van der Waals surface area contributed by atoms with E-state index in [9.17, 15) is 0 Å². The second kappa shape index (κ2) is 5.15. The van der Waals surface area contributed by atoms with Crippen molar-refractivity contribution in [3.05, 3.63) is 35.5 Å². The van der Waals surface area contributed by atoms with Gasteiger partial charge in [-0.05, 0) is 38.1 Å². The normalized spacial score (nSPS) is 12.2. The molecule has 0 spiro atoms. The molecule has 2 rings (SSSR count). The molecule has 2 N–H and O–H groups in total. The zero-order chi connectivity index (χ0) is 13.2. The van der Waals surface area contributed by atoms with Crippen LogP contribution in [0.25, 0.3) is 10.9 Å². The first-order chi connectivity index (χ1) is 8.56. The first kappa shape index (κ1) is 13.2. The highest BCUT2D eigenvalue weighted by Crippen LogP contribution is 2.32. The molecule has 0 aliphatic heterocycles. The van der Waals surface area contributed by atoms with Crippen molar-refractivity contribution in [2.75, 3.05) is 13.1 Å². The second-order valence-electron chi connectivity index (χ2n) is 5.66. The standard InChI is InChI=1S/C16H24N2/c1-5-17-11-10-16(3,4)15-12(2)13-8-6-7-9-14(13)18-15/h6-9,17-18H,5,10-11H2,1-4H3. The van der Waals surface area contributed by atoms with Crippen LogP contribution >= 0.6 is 0 Å². The maximum Gasteiger partial charge on any atom is 0.0458 e. The van der Waals surface area contributed by atoms with Gasteiger partial charge in [-0.15, -0.1) is 0 Å².